The van der Waals surface area contributed by atoms with E-state index < -0.39 is 0 Å². The van der Waals surface area contributed by atoms with Crippen molar-refractivity contribution in [3.63, 3.8) is 0 Å². The molecule has 4 heteroatoms. The molecule has 0 saturated heterocycles. The third-order valence-electron chi connectivity index (χ3n) is 2.20. The first-order chi connectivity index (χ1) is 6.07. The summed E-state index contributed by atoms with van der Waals surface area (Å²) in [5.41, 5.74) is 5.51. The second-order valence-electron chi connectivity index (χ2n) is 3.57. The van der Waals surface area contributed by atoms with Crippen LogP contribution in [-0.4, -0.2) is 15.7 Å². The SMILES string of the molecule is CC(C)n1ccn(C(C)CN)c1=O. The third-order valence-corrected chi connectivity index (χ3v) is 2.20. The first kappa shape index (κ1) is 10.1. The lowest BCUT2D eigenvalue weighted by molar-refractivity contribution is 0.502. The van der Waals surface area contributed by atoms with E-state index in [-0.39, 0.29) is 17.8 Å². The number of aromatic nitrogens is 2. The summed E-state index contributed by atoms with van der Waals surface area (Å²) in [7, 11) is 0. The second-order valence-corrected chi connectivity index (χ2v) is 3.57. The van der Waals surface area contributed by atoms with Crippen molar-refractivity contribution < 1.29 is 0 Å². The van der Waals surface area contributed by atoms with Crippen LogP contribution in [0, 0.1) is 0 Å². The lowest BCUT2D eigenvalue weighted by Crippen LogP contribution is -2.30. The number of imidazole rings is 1. The van der Waals surface area contributed by atoms with E-state index in [9.17, 15) is 4.79 Å². The molecule has 1 aromatic heterocycles. The topological polar surface area (TPSA) is 52.9 Å². The van der Waals surface area contributed by atoms with Crippen molar-refractivity contribution >= 4 is 0 Å². The summed E-state index contributed by atoms with van der Waals surface area (Å²) in [6, 6.07) is 0.284. The Kier molecular flexibility index (Phi) is 2.93. The Labute approximate surface area is 78.0 Å². The van der Waals surface area contributed by atoms with E-state index in [4.69, 9.17) is 5.73 Å². The molecule has 1 atom stereocenters. The quantitative estimate of drug-likeness (QED) is 0.751. The number of hydrogen-bond donors (Lipinski definition) is 1. The number of nitrogens with two attached hydrogens (primary N) is 1. The third kappa shape index (κ3) is 1.83. The van der Waals surface area contributed by atoms with Crippen molar-refractivity contribution in [2.45, 2.75) is 32.9 Å². The van der Waals surface area contributed by atoms with Gasteiger partial charge < -0.3 is 5.73 Å². The summed E-state index contributed by atoms with van der Waals surface area (Å²) in [6.07, 6.45) is 3.60. The van der Waals surface area contributed by atoms with E-state index in [1.807, 2.05) is 20.8 Å². The minimum atomic E-state index is 0.0213. The van der Waals surface area contributed by atoms with Gasteiger partial charge in [-0.15, -0.1) is 0 Å². The van der Waals surface area contributed by atoms with Gasteiger partial charge in [-0.05, 0) is 20.8 Å². The van der Waals surface area contributed by atoms with Crippen LogP contribution in [0.3, 0.4) is 0 Å². The van der Waals surface area contributed by atoms with Gasteiger partial charge in [-0.25, -0.2) is 4.79 Å². The summed E-state index contributed by atoms with van der Waals surface area (Å²) in [5, 5.41) is 0. The van der Waals surface area contributed by atoms with Crippen LogP contribution < -0.4 is 11.4 Å². The molecule has 74 valence electrons. The fourth-order valence-corrected chi connectivity index (χ4v) is 1.25. The molecule has 1 unspecified atom stereocenters. The van der Waals surface area contributed by atoms with Crippen molar-refractivity contribution in [1.82, 2.24) is 9.13 Å². The van der Waals surface area contributed by atoms with Crippen molar-refractivity contribution in [3.8, 4) is 0 Å². The lowest BCUT2D eigenvalue weighted by Gasteiger charge is -2.09. The molecule has 0 fully saturated rings. The summed E-state index contributed by atoms with van der Waals surface area (Å²) in [6.45, 7) is 6.39. The highest BCUT2D eigenvalue weighted by Gasteiger charge is 2.09. The highest BCUT2D eigenvalue weighted by atomic mass is 16.1. The zero-order valence-corrected chi connectivity index (χ0v) is 8.40. The van der Waals surface area contributed by atoms with Gasteiger partial charge in [0.1, 0.15) is 0 Å². The lowest BCUT2D eigenvalue weighted by atomic mass is 10.3. The van der Waals surface area contributed by atoms with Gasteiger partial charge in [-0.1, -0.05) is 0 Å². The van der Waals surface area contributed by atoms with E-state index >= 15 is 0 Å². The molecule has 4 nitrogen and oxygen atoms in total. The Morgan fingerprint density at radius 2 is 1.85 bits per heavy atom. The highest BCUT2D eigenvalue weighted by molar-refractivity contribution is 4.86. The zero-order valence-electron chi connectivity index (χ0n) is 8.40. The van der Waals surface area contributed by atoms with E-state index in [2.05, 4.69) is 0 Å². The molecule has 0 aliphatic carbocycles. The summed E-state index contributed by atoms with van der Waals surface area (Å²) in [4.78, 5) is 11.7. The molecular weight excluding hydrogens is 166 g/mol. The Balaban J connectivity index is 3.07. The van der Waals surface area contributed by atoms with Crippen LogP contribution in [0.15, 0.2) is 17.2 Å². The van der Waals surface area contributed by atoms with Crippen molar-refractivity contribution in [1.29, 1.82) is 0 Å². The molecule has 0 aliphatic heterocycles. The van der Waals surface area contributed by atoms with Gasteiger partial charge in [-0.2, -0.15) is 0 Å². The maximum Gasteiger partial charge on any atom is 0.328 e. The van der Waals surface area contributed by atoms with Crippen LogP contribution in [0.5, 0.6) is 0 Å². The predicted octanol–water partition coefficient (Wildman–Crippen LogP) is 0.750. The number of hydrogen-bond acceptors (Lipinski definition) is 2. The molecule has 0 bridgehead atoms. The van der Waals surface area contributed by atoms with Crippen LogP contribution in [0.4, 0.5) is 0 Å². The van der Waals surface area contributed by atoms with E-state index in [0.29, 0.717) is 6.54 Å². The Bertz CT molecular complexity index is 324. The standard InChI is InChI=1S/C9H17N3O/c1-7(2)11-4-5-12(9(11)13)8(3)6-10/h4-5,7-8H,6,10H2,1-3H3. The van der Waals surface area contributed by atoms with Gasteiger partial charge in [-0.3, -0.25) is 9.13 Å². The first-order valence-corrected chi connectivity index (χ1v) is 4.57. The predicted molar refractivity (Wildman–Crippen MR) is 52.8 cm³/mol. The fourth-order valence-electron chi connectivity index (χ4n) is 1.25. The van der Waals surface area contributed by atoms with Crippen molar-refractivity contribution in [2.24, 2.45) is 5.73 Å². The van der Waals surface area contributed by atoms with E-state index in [1.54, 1.807) is 21.5 Å². The minimum Gasteiger partial charge on any atom is -0.328 e. The fraction of sp³-hybridized carbons (Fsp3) is 0.667. The molecule has 0 radical (unpaired) electrons. The molecule has 2 N–H and O–H groups in total. The van der Waals surface area contributed by atoms with Gasteiger partial charge in [0, 0.05) is 31.0 Å². The summed E-state index contributed by atoms with van der Waals surface area (Å²) in [5.74, 6) is 0. The molecular formula is C9H17N3O. The molecule has 0 aliphatic rings. The Hall–Kier alpha value is -1.03. The highest BCUT2D eigenvalue weighted by Crippen LogP contribution is 2.03. The number of nitrogens with zero attached hydrogens (tertiary/aromatic N) is 2. The van der Waals surface area contributed by atoms with Gasteiger partial charge in [0.25, 0.3) is 0 Å². The van der Waals surface area contributed by atoms with Crippen molar-refractivity contribution in [3.05, 3.63) is 22.9 Å². The molecule has 1 aromatic rings. The molecule has 1 heterocycles. The first-order valence-electron chi connectivity index (χ1n) is 4.57. The smallest absolute Gasteiger partial charge is 0.328 e. The van der Waals surface area contributed by atoms with Gasteiger partial charge in [0.05, 0.1) is 0 Å². The average Bonchev–Trinajstić information content (AvgIpc) is 2.46. The summed E-state index contributed by atoms with van der Waals surface area (Å²) >= 11 is 0. The van der Waals surface area contributed by atoms with Crippen LogP contribution in [0.1, 0.15) is 32.9 Å². The second kappa shape index (κ2) is 3.79. The van der Waals surface area contributed by atoms with Gasteiger partial charge in [0.15, 0.2) is 0 Å². The van der Waals surface area contributed by atoms with Crippen molar-refractivity contribution in [2.75, 3.05) is 6.54 Å². The molecule has 0 saturated carbocycles. The molecule has 0 amide bonds. The minimum absolute atomic E-state index is 0.0213. The summed E-state index contributed by atoms with van der Waals surface area (Å²) < 4.78 is 3.37. The van der Waals surface area contributed by atoms with Crippen LogP contribution in [-0.2, 0) is 0 Å². The number of rotatable bonds is 3. The molecule has 0 spiro atoms. The molecule has 1 rings (SSSR count). The van der Waals surface area contributed by atoms with Crippen LogP contribution >= 0.6 is 0 Å². The molecule has 13 heavy (non-hydrogen) atoms. The largest absolute Gasteiger partial charge is 0.328 e. The normalized spacial score (nSPS) is 13.6. The maximum absolute atomic E-state index is 11.7. The zero-order chi connectivity index (χ0) is 10.0. The van der Waals surface area contributed by atoms with Gasteiger partial charge >= 0.3 is 5.69 Å². The monoisotopic (exact) mass is 183 g/mol. The van der Waals surface area contributed by atoms with Crippen LogP contribution in [0.2, 0.25) is 0 Å². The van der Waals surface area contributed by atoms with Crippen LogP contribution in [0.25, 0.3) is 0 Å². The van der Waals surface area contributed by atoms with E-state index in [0.717, 1.165) is 0 Å². The molecule has 0 aromatic carbocycles. The van der Waals surface area contributed by atoms with E-state index in [1.165, 1.54) is 0 Å². The maximum atomic E-state index is 11.7. The Morgan fingerprint density at radius 3 is 2.23 bits per heavy atom. The average molecular weight is 183 g/mol. The van der Waals surface area contributed by atoms with Gasteiger partial charge in [0.2, 0.25) is 0 Å². The Morgan fingerprint density at radius 1 is 1.31 bits per heavy atom.